The van der Waals surface area contributed by atoms with Crippen molar-refractivity contribution in [3.63, 3.8) is 0 Å². The number of amides is 3. The monoisotopic (exact) mass is 445 g/mol. The van der Waals surface area contributed by atoms with Gasteiger partial charge in [-0.2, -0.15) is 0 Å². The number of carbonyl (C=O) groups is 3. The predicted octanol–water partition coefficient (Wildman–Crippen LogP) is 4.02. The van der Waals surface area contributed by atoms with E-state index in [2.05, 4.69) is 24.5 Å². The molecule has 0 spiro atoms. The van der Waals surface area contributed by atoms with Crippen molar-refractivity contribution >= 4 is 17.9 Å². The Morgan fingerprint density at radius 2 is 1.72 bits per heavy atom. The second kappa shape index (κ2) is 10.8. The Morgan fingerprint density at radius 1 is 1.12 bits per heavy atom. The van der Waals surface area contributed by atoms with Gasteiger partial charge in [0.1, 0.15) is 18.2 Å². The molecule has 0 bridgehead atoms. The van der Waals surface area contributed by atoms with E-state index in [1.807, 2.05) is 32.0 Å². The van der Waals surface area contributed by atoms with E-state index < -0.39 is 17.7 Å². The summed E-state index contributed by atoms with van der Waals surface area (Å²) < 4.78 is 5.25. The lowest BCUT2D eigenvalue weighted by Gasteiger charge is -2.32. The first-order valence-electron chi connectivity index (χ1n) is 11.6. The number of nitrogens with zero attached hydrogens (tertiary/aromatic N) is 1. The molecular weight excluding hydrogens is 406 g/mol. The second-order valence-electron chi connectivity index (χ2n) is 9.90. The van der Waals surface area contributed by atoms with Gasteiger partial charge in [-0.3, -0.25) is 9.59 Å². The summed E-state index contributed by atoms with van der Waals surface area (Å²) >= 11 is 0. The minimum atomic E-state index is -0.742. The molecule has 0 saturated heterocycles. The van der Waals surface area contributed by atoms with Crippen LogP contribution in [-0.2, 0) is 14.3 Å². The smallest absolute Gasteiger partial charge is 0.408 e. The number of unbranched alkanes of at least 4 members (excludes halogenated alkanes) is 1. The number of benzene rings is 1. The largest absolute Gasteiger partial charge is 0.444 e. The van der Waals surface area contributed by atoms with Gasteiger partial charge in [0, 0.05) is 12.6 Å². The first-order valence-corrected chi connectivity index (χ1v) is 11.6. The van der Waals surface area contributed by atoms with Crippen molar-refractivity contribution in [2.75, 3.05) is 13.1 Å². The van der Waals surface area contributed by atoms with Gasteiger partial charge in [0.2, 0.25) is 11.8 Å². The molecule has 7 heteroatoms. The van der Waals surface area contributed by atoms with Crippen LogP contribution in [0.25, 0.3) is 0 Å². The Balaban J connectivity index is 2.31. The minimum absolute atomic E-state index is 0.0364. The third kappa shape index (κ3) is 7.53. The third-order valence-corrected chi connectivity index (χ3v) is 5.41. The molecule has 3 unspecified atom stereocenters. The molecule has 1 aliphatic carbocycles. The summed E-state index contributed by atoms with van der Waals surface area (Å²) in [6, 6.07) is 5.20. The van der Waals surface area contributed by atoms with E-state index in [4.69, 9.17) is 4.74 Å². The van der Waals surface area contributed by atoms with Crippen LogP contribution in [0.15, 0.2) is 18.2 Å². The fraction of sp³-hybridized carbons (Fsp3) is 0.640. The summed E-state index contributed by atoms with van der Waals surface area (Å²) in [5, 5.41) is 5.56. The van der Waals surface area contributed by atoms with Gasteiger partial charge in [-0.05, 0) is 58.9 Å². The van der Waals surface area contributed by atoms with E-state index in [9.17, 15) is 14.4 Å². The van der Waals surface area contributed by atoms with Crippen LogP contribution < -0.4 is 10.6 Å². The van der Waals surface area contributed by atoms with E-state index >= 15 is 0 Å². The molecule has 32 heavy (non-hydrogen) atoms. The molecule has 1 aliphatic rings. The molecule has 178 valence electrons. The Hall–Kier alpha value is -2.57. The molecule has 1 fully saturated rings. The number of nitrogens with one attached hydrogen (secondary N) is 2. The summed E-state index contributed by atoms with van der Waals surface area (Å²) in [7, 11) is 0. The van der Waals surface area contributed by atoms with Gasteiger partial charge in [-0.25, -0.2) is 4.79 Å². The highest BCUT2D eigenvalue weighted by Gasteiger charge is 2.46. The first-order chi connectivity index (χ1) is 14.9. The zero-order chi connectivity index (χ0) is 24.1. The molecule has 2 rings (SSSR count). The molecule has 1 aromatic carbocycles. The van der Waals surface area contributed by atoms with E-state index in [1.54, 1.807) is 25.7 Å². The van der Waals surface area contributed by atoms with Crippen molar-refractivity contribution in [1.82, 2.24) is 15.5 Å². The van der Waals surface area contributed by atoms with Crippen molar-refractivity contribution in [3.8, 4) is 0 Å². The first kappa shape index (κ1) is 25.7. The lowest BCUT2D eigenvalue weighted by molar-refractivity contribution is -0.141. The number of alkyl carbamates (subject to hydrolysis) is 1. The third-order valence-electron chi connectivity index (χ3n) is 5.41. The Kier molecular flexibility index (Phi) is 8.70. The standard InChI is InChI=1S/C25H39N3O4/c1-8-9-10-26-23(30)22(19-12-16(2)11-17(3)13-19)28(20-14-18(20)4)21(29)15-27-24(31)32-25(5,6)7/h11-13,18,20,22H,8-10,14-15H2,1-7H3,(H,26,30)(H,27,31). The molecule has 2 N–H and O–H groups in total. The van der Waals surface area contributed by atoms with Crippen LogP contribution in [0.3, 0.4) is 0 Å². The SMILES string of the molecule is CCCCNC(=O)C(c1cc(C)cc(C)c1)N(C(=O)CNC(=O)OC(C)(C)C)C1CC1C. The van der Waals surface area contributed by atoms with Crippen molar-refractivity contribution < 1.29 is 19.1 Å². The van der Waals surface area contributed by atoms with Gasteiger partial charge in [-0.15, -0.1) is 0 Å². The zero-order valence-corrected chi connectivity index (χ0v) is 20.6. The van der Waals surface area contributed by atoms with Gasteiger partial charge < -0.3 is 20.3 Å². The van der Waals surface area contributed by atoms with Gasteiger partial charge in [0.15, 0.2) is 0 Å². The van der Waals surface area contributed by atoms with Crippen molar-refractivity contribution in [1.29, 1.82) is 0 Å². The van der Waals surface area contributed by atoms with Gasteiger partial charge in [0.25, 0.3) is 0 Å². The summed E-state index contributed by atoms with van der Waals surface area (Å²) in [5.41, 5.74) is 2.21. The van der Waals surface area contributed by atoms with Crippen LogP contribution in [0.1, 0.15) is 76.6 Å². The highest BCUT2D eigenvalue weighted by molar-refractivity contribution is 5.91. The molecule has 0 aromatic heterocycles. The molecule has 3 amide bonds. The van der Waals surface area contributed by atoms with Crippen molar-refractivity contribution in [2.45, 2.75) is 85.4 Å². The molecule has 1 saturated carbocycles. The van der Waals surface area contributed by atoms with Crippen LogP contribution in [0.4, 0.5) is 4.79 Å². The number of hydrogen-bond donors (Lipinski definition) is 2. The van der Waals surface area contributed by atoms with Gasteiger partial charge >= 0.3 is 6.09 Å². The van der Waals surface area contributed by atoms with Crippen LogP contribution >= 0.6 is 0 Å². The van der Waals surface area contributed by atoms with Crippen LogP contribution in [-0.4, -0.2) is 47.5 Å². The fourth-order valence-electron chi connectivity index (χ4n) is 3.85. The molecule has 7 nitrogen and oxygen atoms in total. The lowest BCUT2D eigenvalue weighted by Crippen LogP contribution is -2.49. The fourth-order valence-corrected chi connectivity index (χ4v) is 3.85. The van der Waals surface area contributed by atoms with E-state index in [1.165, 1.54) is 0 Å². The topological polar surface area (TPSA) is 87.7 Å². The van der Waals surface area contributed by atoms with Crippen LogP contribution in [0, 0.1) is 19.8 Å². The maximum Gasteiger partial charge on any atom is 0.408 e. The summed E-state index contributed by atoms with van der Waals surface area (Å²) in [5.74, 6) is -0.175. The molecule has 0 heterocycles. The average molecular weight is 446 g/mol. The van der Waals surface area contributed by atoms with Crippen LogP contribution in [0.5, 0.6) is 0 Å². The average Bonchev–Trinajstić information content (AvgIpc) is 3.37. The van der Waals surface area contributed by atoms with E-state index in [0.717, 1.165) is 36.0 Å². The quantitative estimate of drug-likeness (QED) is 0.562. The highest BCUT2D eigenvalue weighted by Crippen LogP contribution is 2.40. The second-order valence-corrected chi connectivity index (χ2v) is 9.90. The number of carbonyl (C=O) groups excluding carboxylic acids is 3. The Bertz CT molecular complexity index is 811. The predicted molar refractivity (Wildman–Crippen MR) is 125 cm³/mol. The molecule has 0 aliphatic heterocycles. The van der Waals surface area contributed by atoms with E-state index in [0.29, 0.717) is 12.5 Å². The summed E-state index contributed by atoms with van der Waals surface area (Å²) in [6.45, 7) is 13.8. The molecule has 3 atom stereocenters. The number of ether oxygens (including phenoxy) is 1. The summed E-state index contributed by atoms with van der Waals surface area (Å²) in [4.78, 5) is 40.4. The number of hydrogen-bond acceptors (Lipinski definition) is 4. The number of aryl methyl sites for hydroxylation is 2. The van der Waals surface area contributed by atoms with Crippen molar-refractivity contribution in [3.05, 3.63) is 34.9 Å². The Labute approximate surface area is 192 Å². The normalized spacial score (nSPS) is 18.5. The molecular formula is C25H39N3O4. The minimum Gasteiger partial charge on any atom is -0.444 e. The highest BCUT2D eigenvalue weighted by atomic mass is 16.6. The maximum atomic E-state index is 13.3. The lowest BCUT2D eigenvalue weighted by atomic mass is 9.98. The number of rotatable bonds is 9. The molecule has 0 radical (unpaired) electrons. The summed E-state index contributed by atoms with van der Waals surface area (Å²) in [6.07, 6.45) is 2.03. The van der Waals surface area contributed by atoms with Gasteiger partial charge in [-0.1, -0.05) is 49.6 Å². The zero-order valence-electron chi connectivity index (χ0n) is 20.6. The van der Waals surface area contributed by atoms with Crippen molar-refractivity contribution in [2.24, 2.45) is 5.92 Å². The maximum absolute atomic E-state index is 13.3. The molecule has 1 aromatic rings. The van der Waals surface area contributed by atoms with E-state index in [-0.39, 0.29) is 24.4 Å². The Morgan fingerprint density at radius 3 is 2.22 bits per heavy atom. The van der Waals surface area contributed by atoms with Crippen LogP contribution in [0.2, 0.25) is 0 Å². The van der Waals surface area contributed by atoms with Gasteiger partial charge in [0.05, 0.1) is 0 Å².